The molecule has 3 fully saturated rings. The molecule has 2 amide bonds. The second-order valence-corrected chi connectivity index (χ2v) is 6.83. The third kappa shape index (κ3) is 2.15. The fourth-order valence-corrected chi connectivity index (χ4v) is 4.12. The van der Waals surface area contributed by atoms with E-state index in [9.17, 15) is 9.90 Å². The number of aliphatic hydroxyl groups is 1. The second kappa shape index (κ2) is 5.04. The molecule has 3 heterocycles. The monoisotopic (exact) mass is 322 g/mol. The lowest BCUT2D eigenvalue weighted by Crippen LogP contribution is -2.55. The van der Waals surface area contributed by atoms with Crippen LogP contribution < -0.4 is 5.32 Å². The molecule has 0 aromatic heterocycles. The summed E-state index contributed by atoms with van der Waals surface area (Å²) in [6, 6.07) is -0.322. The second-order valence-electron chi connectivity index (χ2n) is 6.83. The first-order valence-corrected chi connectivity index (χ1v) is 8.08. The predicted octanol–water partition coefficient (Wildman–Crippen LogP) is 1.20. The maximum absolute atomic E-state index is 12.3. The van der Waals surface area contributed by atoms with Gasteiger partial charge >= 0.3 is 6.03 Å². The van der Waals surface area contributed by atoms with Gasteiger partial charge in [0.1, 0.15) is 17.8 Å². The lowest BCUT2D eigenvalue weighted by atomic mass is 9.96. The number of aliphatic hydroxyl groups excluding tert-OH is 1. The van der Waals surface area contributed by atoms with Crippen molar-refractivity contribution in [3.8, 4) is 0 Å². The Labute approximate surface area is 134 Å². The van der Waals surface area contributed by atoms with Crippen LogP contribution in [0.3, 0.4) is 0 Å². The Hall–Kier alpha value is -1.41. The number of urea groups is 1. The van der Waals surface area contributed by atoms with Crippen molar-refractivity contribution in [1.82, 2.24) is 10.2 Å². The van der Waals surface area contributed by atoms with Crippen molar-refractivity contribution in [2.45, 2.75) is 62.4 Å². The van der Waals surface area contributed by atoms with Crippen molar-refractivity contribution in [2.24, 2.45) is 0 Å². The van der Waals surface area contributed by atoms with Gasteiger partial charge in [-0.3, -0.25) is 4.90 Å². The number of ether oxygens (including phenoxy) is 3. The molecule has 23 heavy (non-hydrogen) atoms. The van der Waals surface area contributed by atoms with Gasteiger partial charge in [-0.15, -0.1) is 0 Å². The van der Waals surface area contributed by atoms with Crippen molar-refractivity contribution in [1.29, 1.82) is 0 Å². The van der Waals surface area contributed by atoms with E-state index in [1.54, 1.807) is 12.3 Å². The minimum atomic E-state index is -0.821. The van der Waals surface area contributed by atoms with E-state index < -0.39 is 29.8 Å². The van der Waals surface area contributed by atoms with Gasteiger partial charge in [-0.1, -0.05) is 6.58 Å². The van der Waals surface area contributed by atoms with E-state index >= 15 is 0 Å². The van der Waals surface area contributed by atoms with Gasteiger partial charge in [0.05, 0.1) is 6.61 Å². The minimum Gasteiger partial charge on any atom is -0.394 e. The highest BCUT2D eigenvalue weighted by Crippen LogP contribution is 2.52. The Morgan fingerprint density at radius 2 is 2.22 bits per heavy atom. The summed E-state index contributed by atoms with van der Waals surface area (Å²) < 4.78 is 18.5. The first-order valence-electron chi connectivity index (χ1n) is 8.08. The van der Waals surface area contributed by atoms with E-state index in [2.05, 4.69) is 11.9 Å². The SMILES string of the molecule is C=C1C=CN([C@@H]2O[C@H](CO)[C@H]3OC4(CCCC4)O[C@]32C)C(=O)N1. The molecule has 7 heteroatoms. The summed E-state index contributed by atoms with van der Waals surface area (Å²) in [7, 11) is 0. The number of amides is 2. The highest BCUT2D eigenvalue weighted by molar-refractivity contribution is 5.79. The van der Waals surface area contributed by atoms with Crippen LogP contribution in [-0.4, -0.2) is 52.5 Å². The zero-order valence-electron chi connectivity index (χ0n) is 13.2. The molecule has 3 aliphatic heterocycles. The van der Waals surface area contributed by atoms with Crippen LogP contribution in [0, 0.1) is 0 Å². The molecule has 2 saturated heterocycles. The standard InChI is InChI=1S/C16H22N2O5/c1-10-5-8-18(14(20)17-10)13-15(2)12(11(9-19)21-13)22-16(23-15)6-3-4-7-16/h5,8,11-13,19H,1,3-4,6-7,9H2,2H3,(H,17,20)/t11-,12-,13-,15-/m1/s1. The molecular weight excluding hydrogens is 300 g/mol. The quantitative estimate of drug-likeness (QED) is 0.798. The Kier molecular flexibility index (Phi) is 3.32. The van der Waals surface area contributed by atoms with Gasteiger partial charge in [0, 0.05) is 24.7 Å². The number of hydrogen-bond donors (Lipinski definition) is 2. The predicted molar refractivity (Wildman–Crippen MR) is 80.0 cm³/mol. The zero-order valence-corrected chi connectivity index (χ0v) is 13.2. The molecule has 1 spiro atoms. The van der Waals surface area contributed by atoms with Crippen molar-refractivity contribution >= 4 is 6.03 Å². The minimum absolute atomic E-state index is 0.178. The number of carbonyl (C=O) groups excluding carboxylic acids is 1. The van der Waals surface area contributed by atoms with Crippen LogP contribution in [0.25, 0.3) is 0 Å². The molecule has 7 nitrogen and oxygen atoms in total. The molecular formula is C16H22N2O5. The number of hydrogen-bond acceptors (Lipinski definition) is 5. The summed E-state index contributed by atoms with van der Waals surface area (Å²) >= 11 is 0. The van der Waals surface area contributed by atoms with Gasteiger partial charge < -0.3 is 24.6 Å². The first kappa shape index (κ1) is 15.1. The average molecular weight is 322 g/mol. The number of nitrogens with one attached hydrogen (secondary N) is 1. The summed E-state index contributed by atoms with van der Waals surface area (Å²) in [5.41, 5.74) is -0.293. The largest absolute Gasteiger partial charge is 0.394 e. The molecule has 0 bridgehead atoms. The maximum Gasteiger partial charge on any atom is 0.328 e. The summed E-state index contributed by atoms with van der Waals surface area (Å²) in [5, 5.41) is 12.3. The average Bonchev–Trinajstić information content (AvgIpc) is 3.13. The Morgan fingerprint density at radius 3 is 2.87 bits per heavy atom. The number of fused-ring (bicyclic) bond motifs is 1. The van der Waals surface area contributed by atoms with Crippen molar-refractivity contribution in [3.63, 3.8) is 0 Å². The summed E-state index contributed by atoms with van der Waals surface area (Å²) in [4.78, 5) is 13.7. The zero-order chi connectivity index (χ0) is 16.2. The Bertz CT molecular complexity index is 571. The lowest BCUT2D eigenvalue weighted by molar-refractivity contribution is -0.233. The van der Waals surface area contributed by atoms with Crippen LogP contribution >= 0.6 is 0 Å². The molecule has 0 aromatic rings. The lowest BCUT2D eigenvalue weighted by Gasteiger charge is -2.37. The first-order chi connectivity index (χ1) is 11.0. The fourth-order valence-electron chi connectivity index (χ4n) is 4.12. The third-order valence-corrected chi connectivity index (χ3v) is 5.18. The Balaban J connectivity index is 1.67. The number of allylic oxidation sites excluding steroid dienone is 1. The Morgan fingerprint density at radius 1 is 1.48 bits per heavy atom. The highest BCUT2D eigenvalue weighted by atomic mass is 16.8. The topological polar surface area (TPSA) is 80.3 Å². The van der Waals surface area contributed by atoms with E-state index in [1.807, 2.05) is 6.92 Å². The van der Waals surface area contributed by atoms with Crippen LogP contribution in [0.4, 0.5) is 4.79 Å². The molecule has 4 atom stereocenters. The molecule has 1 aliphatic carbocycles. The molecule has 2 N–H and O–H groups in total. The van der Waals surface area contributed by atoms with Gasteiger partial charge in [0.25, 0.3) is 0 Å². The molecule has 4 aliphatic rings. The van der Waals surface area contributed by atoms with E-state index in [1.165, 1.54) is 4.90 Å². The van der Waals surface area contributed by atoms with Gasteiger partial charge in [-0.05, 0) is 25.8 Å². The number of nitrogens with zero attached hydrogens (tertiary/aromatic N) is 1. The molecule has 4 rings (SSSR count). The summed E-state index contributed by atoms with van der Waals surface area (Å²) in [6.45, 7) is 5.44. The van der Waals surface area contributed by atoms with Crippen molar-refractivity contribution in [3.05, 3.63) is 24.6 Å². The van der Waals surface area contributed by atoms with E-state index in [4.69, 9.17) is 14.2 Å². The van der Waals surface area contributed by atoms with Crippen LogP contribution in [0.5, 0.6) is 0 Å². The van der Waals surface area contributed by atoms with E-state index in [0.29, 0.717) is 5.70 Å². The van der Waals surface area contributed by atoms with Crippen LogP contribution in [0.1, 0.15) is 32.6 Å². The normalized spacial score (nSPS) is 41.7. The third-order valence-electron chi connectivity index (χ3n) is 5.18. The van der Waals surface area contributed by atoms with Crippen LogP contribution in [0.2, 0.25) is 0 Å². The molecule has 0 unspecified atom stereocenters. The smallest absolute Gasteiger partial charge is 0.328 e. The van der Waals surface area contributed by atoms with Crippen molar-refractivity contribution < 1.29 is 24.1 Å². The molecule has 126 valence electrons. The van der Waals surface area contributed by atoms with Gasteiger partial charge in [-0.2, -0.15) is 0 Å². The van der Waals surface area contributed by atoms with Gasteiger partial charge in [-0.25, -0.2) is 4.79 Å². The van der Waals surface area contributed by atoms with Gasteiger partial charge in [0.15, 0.2) is 12.0 Å². The fraction of sp³-hybridized carbons (Fsp3) is 0.688. The van der Waals surface area contributed by atoms with E-state index in [-0.39, 0.29) is 12.6 Å². The van der Waals surface area contributed by atoms with Crippen LogP contribution in [0.15, 0.2) is 24.6 Å². The molecule has 0 radical (unpaired) electrons. The maximum atomic E-state index is 12.3. The van der Waals surface area contributed by atoms with E-state index in [0.717, 1.165) is 25.7 Å². The van der Waals surface area contributed by atoms with Crippen LogP contribution in [-0.2, 0) is 14.2 Å². The van der Waals surface area contributed by atoms with Crippen molar-refractivity contribution in [2.75, 3.05) is 6.61 Å². The molecule has 0 aromatic carbocycles. The summed E-state index contributed by atoms with van der Waals surface area (Å²) in [5.74, 6) is -0.603. The number of carbonyl (C=O) groups is 1. The van der Waals surface area contributed by atoms with Gasteiger partial charge in [0.2, 0.25) is 0 Å². The summed E-state index contributed by atoms with van der Waals surface area (Å²) in [6.07, 6.45) is 5.55. The highest BCUT2D eigenvalue weighted by Gasteiger charge is 2.67. The number of rotatable bonds is 2. The molecule has 1 saturated carbocycles.